The maximum atomic E-state index is 9.86. The molecule has 3 nitrogen and oxygen atoms in total. The molecule has 0 amide bonds. The summed E-state index contributed by atoms with van der Waals surface area (Å²) in [6.07, 6.45) is 0. The number of ether oxygens (including phenoxy) is 1. The van der Waals surface area contributed by atoms with Gasteiger partial charge in [-0.15, -0.1) is 0 Å². The van der Waals surface area contributed by atoms with Crippen molar-refractivity contribution in [3.63, 3.8) is 0 Å². The van der Waals surface area contributed by atoms with E-state index in [9.17, 15) is 10.2 Å². The van der Waals surface area contributed by atoms with E-state index in [-0.39, 0.29) is 17.8 Å². The Balaban J connectivity index is 2.17. The molecule has 0 fully saturated rings. The molecule has 0 bridgehead atoms. The van der Waals surface area contributed by atoms with Gasteiger partial charge in [0.25, 0.3) is 0 Å². The highest BCUT2D eigenvalue weighted by Gasteiger charge is 2.20. The second-order valence-corrected chi connectivity index (χ2v) is 5.50. The number of phenols is 1. The Bertz CT molecular complexity index is 562. The summed E-state index contributed by atoms with van der Waals surface area (Å²) in [5, 5.41) is 19.3. The molecule has 0 aliphatic carbocycles. The molecule has 0 radical (unpaired) electrons. The van der Waals surface area contributed by atoms with Gasteiger partial charge in [-0.3, -0.25) is 0 Å². The van der Waals surface area contributed by atoms with Crippen LogP contribution in [-0.2, 0) is 12.0 Å². The zero-order valence-electron chi connectivity index (χ0n) is 11.8. The highest BCUT2D eigenvalue weighted by molar-refractivity contribution is 5.44. The molecule has 0 saturated carbocycles. The van der Waals surface area contributed by atoms with Crippen LogP contribution in [0.1, 0.15) is 25.0 Å². The number of aliphatic hydroxyl groups is 1. The number of hydrogen-bond acceptors (Lipinski definition) is 3. The molecule has 2 N–H and O–H groups in total. The van der Waals surface area contributed by atoms with Gasteiger partial charge in [-0.2, -0.15) is 0 Å². The van der Waals surface area contributed by atoms with Crippen LogP contribution in [0.2, 0.25) is 0 Å². The molecule has 2 aromatic rings. The number of phenolic OH excluding ortho intramolecular Hbond substituents is 1. The third-order valence-corrected chi connectivity index (χ3v) is 3.37. The largest absolute Gasteiger partial charge is 0.504 e. The average molecular weight is 272 g/mol. The van der Waals surface area contributed by atoms with Gasteiger partial charge in [-0.25, -0.2) is 0 Å². The van der Waals surface area contributed by atoms with Gasteiger partial charge in [0, 0.05) is 5.41 Å². The molecule has 0 aromatic heterocycles. The van der Waals surface area contributed by atoms with Crippen molar-refractivity contribution in [1.82, 2.24) is 0 Å². The highest BCUT2D eigenvalue weighted by Crippen LogP contribution is 2.32. The predicted octanol–water partition coefficient (Wildman–Crippen LogP) is 3.24. The molecule has 0 spiro atoms. The van der Waals surface area contributed by atoms with E-state index < -0.39 is 0 Å². The second-order valence-electron chi connectivity index (χ2n) is 5.50. The number of hydrogen-bond donors (Lipinski definition) is 2. The molecule has 20 heavy (non-hydrogen) atoms. The van der Waals surface area contributed by atoms with Gasteiger partial charge in [0.2, 0.25) is 0 Å². The summed E-state index contributed by atoms with van der Waals surface area (Å²) < 4.78 is 5.67. The summed E-state index contributed by atoms with van der Waals surface area (Å²) in [4.78, 5) is 0. The first kappa shape index (κ1) is 14.4. The van der Waals surface area contributed by atoms with Gasteiger partial charge in [-0.1, -0.05) is 50.2 Å². The fourth-order valence-electron chi connectivity index (χ4n) is 1.88. The van der Waals surface area contributed by atoms with Gasteiger partial charge >= 0.3 is 0 Å². The van der Waals surface area contributed by atoms with Crippen molar-refractivity contribution in [1.29, 1.82) is 0 Å². The van der Waals surface area contributed by atoms with E-state index in [0.717, 1.165) is 11.1 Å². The van der Waals surface area contributed by atoms with Crippen molar-refractivity contribution in [3.05, 3.63) is 59.7 Å². The Morgan fingerprint density at radius 3 is 2.40 bits per heavy atom. The summed E-state index contributed by atoms with van der Waals surface area (Å²) in [6, 6.07) is 15.0. The Hall–Kier alpha value is -2.00. The fraction of sp³-hybridized carbons (Fsp3) is 0.294. The first-order chi connectivity index (χ1) is 9.53. The zero-order valence-corrected chi connectivity index (χ0v) is 11.8. The SMILES string of the molecule is CC(C)(CO)c1ccc(O)c(OCc2ccccc2)c1. The van der Waals surface area contributed by atoms with E-state index in [1.165, 1.54) is 0 Å². The third kappa shape index (κ3) is 3.31. The standard InChI is InChI=1S/C17H20O3/c1-17(2,12-18)14-8-9-15(19)16(10-14)20-11-13-6-4-3-5-7-13/h3-10,18-19H,11-12H2,1-2H3. The van der Waals surface area contributed by atoms with E-state index in [0.29, 0.717) is 12.4 Å². The first-order valence-corrected chi connectivity index (χ1v) is 6.64. The van der Waals surface area contributed by atoms with Crippen LogP contribution in [0.3, 0.4) is 0 Å². The van der Waals surface area contributed by atoms with Crippen molar-refractivity contribution in [2.75, 3.05) is 6.61 Å². The van der Waals surface area contributed by atoms with Crippen molar-refractivity contribution < 1.29 is 14.9 Å². The van der Waals surface area contributed by atoms with Gasteiger partial charge in [0.05, 0.1) is 6.61 Å². The molecule has 2 rings (SSSR count). The van der Waals surface area contributed by atoms with Crippen LogP contribution in [0.15, 0.2) is 48.5 Å². The Morgan fingerprint density at radius 1 is 1.05 bits per heavy atom. The van der Waals surface area contributed by atoms with Crippen LogP contribution in [0.25, 0.3) is 0 Å². The van der Waals surface area contributed by atoms with Crippen molar-refractivity contribution >= 4 is 0 Å². The molecule has 2 aromatic carbocycles. The lowest BCUT2D eigenvalue weighted by atomic mass is 9.85. The lowest BCUT2D eigenvalue weighted by Gasteiger charge is -2.23. The topological polar surface area (TPSA) is 49.7 Å². The van der Waals surface area contributed by atoms with Gasteiger partial charge in [-0.05, 0) is 23.3 Å². The summed E-state index contributed by atoms with van der Waals surface area (Å²) in [5.74, 6) is 0.547. The average Bonchev–Trinajstić information content (AvgIpc) is 2.47. The molecular weight excluding hydrogens is 252 g/mol. The number of benzene rings is 2. The lowest BCUT2D eigenvalue weighted by molar-refractivity contribution is 0.217. The zero-order chi connectivity index (χ0) is 14.6. The van der Waals surface area contributed by atoms with Crippen LogP contribution in [-0.4, -0.2) is 16.8 Å². The quantitative estimate of drug-likeness (QED) is 0.878. The van der Waals surface area contributed by atoms with Crippen molar-refractivity contribution in [2.45, 2.75) is 25.9 Å². The molecule has 0 heterocycles. The number of aliphatic hydroxyl groups excluding tert-OH is 1. The summed E-state index contributed by atoms with van der Waals surface area (Å²) in [6.45, 7) is 4.33. The van der Waals surface area contributed by atoms with Crippen molar-refractivity contribution in [2.24, 2.45) is 0 Å². The lowest BCUT2D eigenvalue weighted by Crippen LogP contribution is -2.21. The minimum Gasteiger partial charge on any atom is -0.504 e. The molecule has 0 atom stereocenters. The Labute approximate surface area is 119 Å². The first-order valence-electron chi connectivity index (χ1n) is 6.64. The van der Waals surface area contributed by atoms with Crippen LogP contribution >= 0.6 is 0 Å². The fourth-order valence-corrected chi connectivity index (χ4v) is 1.88. The van der Waals surface area contributed by atoms with E-state index in [2.05, 4.69) is 0 Å². The molecule has 106 valence electrons. The summed E-state index contributed by atoms with van der Waals surface area (Å²) in [7, 11) is 0. The minimum absolute atomic E-state index is 0.0376. The van der Waals surface area contributed by atoms with Gasteiger partial charge in [0.15, 0.2) is 11.5 Å². The molecule has 0 unspecified atom stereocenters. The monoisotopic (exact) mass is 272 g/mol. The minimum atomic E-state index is -0.363. The van der Waals surface area contributed by atoms with Crippen LogP contribution in [0.5, 0.6) is 11.5 Å². The molecule has 0 saturated heterocycles. The Morgan fingerprint density at radius 2 is 1.75 bits per heavy atom. The molecule has 0 aliphatic rings. The maximum Gasteiger partial charge on any atom is 0.161 e. The van der Waals surface area contributed by atoms with E-state index in [1.807, 2.05) is 44.2 Å². The van der Waals surface area contributed by atoms with Crippen molar-refractivity contribution in [3.8, 4) is 11.5 Å². The van der Waals surface area contributed by atoms with E-state index >= 15 is 0 Å². The maximum absolute atomic E-state index is 9.86. The normalized spacial score (nSPS) is 11.3. The van der Waals surface area contributed by atoms with E-state index in [1.54, 1.807) is 18.2 Å². The van der Waals surface area contributed by atoms with E-state index in [4.69, 9.17) is 4.74 Å². The number of aromatic hydroxyl groups is 1. The highest BCUT2D eigenvalue weighted by atomic mass is 16.5. The van der Waals surface area contributed by atoms with Gasteiger partial charge < -0.3 is 14.9 Å². The van der Waals surface area contributed by atoms with Crippen LogP contribution in [0, 0.1) is 0 Å². The third-order valence-electron chi connectivity index (χ3n) is 3.37. The summed E-state index contributed by atoms with van der Waals surface area (Å²) in [5.41, 5.74) is 1.61. The van der Waals surface area contributed by atoms with Crippen LogP contribution in [0.4, 0.5) is 0 Å². The second kappa shape index (κ2) is 5.97. The summed E-state index contributed by atoms with van der Waals surface area (Å²) >= 11 is 0. The smallest absolute Gasteiger partial charge is 0.161 e. The Kier molecular flexibility index (Phi) is 4.30. The number of rotatable bonds is 5. The van der Waals surface area contributed by atoms with Crippen LogP contribution < -0.4 is 4.74 Å². The molecule has 0 aliphatic heterocycles. The predicted molar refractivity (Wildman–Crippen MR) is 79.0 cm³/mol. The molecular formula is C17H20O3. The molecule has 3 heteroatoms. The van der Waals surface area contributed by atoms with Gasteiger partial charge in [0.1, 0.15) is 6.61 Å².